The van der Waals surface area contributed by atoms with Crippen molar-refractivity contribution in [3.8, 4) is 5.75 Å². The van der Waals surface area contributed by atoms with Gasteiger partial charge in [0.05, 0.1) is 0 Å². The van der Waals surface area contributed by atoms with Crippen LogP contribution in [-0.2, 0) is 4.79 Å². The van der Waals surface area contributed by atoms with E-state index in [0.717, 1.165) is 12.1 Å². The maximum atomic E-state index is 12.9. The maximum absolute atomic E-state index is 12.9. The van der Waals surface area contributed by atoms with Crippen LogP contribution in [0.2, 0.25) is 0 Å². The third-order valence-corrected chi connectivity index (χ3v) is 1.66. The van der Waals surface area contributed by atoms with E-state index in [0.29, 0.717) is 0 Å². The summed E-state index contributed by atoms with van der Waals surface area (Å²) in [6.07, 6.45) is -1.32. The van der Waals surface area contributed by atoms with Gasteiger partial charge in [0.1, 0.15) is 18.0 Å². The highest BCUT2D eigenvalue weighted by atomic mass is 19.3. The topological polar surface area (TPSA) is 46.5 Å². The van der Waals surface area contributed by atoms with Crippen LogP contribution in [-0.4, -0.2) is 23.6 Å². The number of rotatable bonds is 5. The molecular weight excluding hydrogens is 225 g/mol. The van der Waals surface area contributed by atoms with Crippen molar-refractivity contribution in [2.75, 3.05) is 6.61 Å². The van der Waals surface area contributed by atoms with E-state index >= 15 is 0 Å². The van der Waals surface area contributed by atoms with Crippen molar-refractivity contribution in [3.63, 3.8) is 0 Å². The molecule has 1 rings (SSSR count). The minimum atomic E-state index is -3.47. The van der Waals surface area contributed by atoms with Crippen LogP contribution in [0.4, 0.5) is 13.2 Å². The summed E-state index contributed by atoms with van der Waals surface area (Å²) in [6, 6.07) is 4.69. The highest BCUT2D eigenvalue weighted by Crippen LogP contribution is 2.21. The number of carboxylic acids is 1. The molecular formula is C10H9F3O3. The fourth-order valence-electron chi connectivity index (χ4n) is 1.02. The zero-order chi connectivity index (χ0) is 12.2. The molecule has 0 aliphatic carbocycles. The molecule has 0 bridgehead atoms. The van der Waals surface area contributed by atoms with E-state index in [1.54, 1.807) is 0 Å². The van der Waals surface area contributed by atoms with Crippen molar-refractivity contribution in [3.05, 3.63) is 30.1 Å². The van der Waals surface area contributed by atoms with Crippen LogP contribution in [0.3, 0.4) is 0 Å². The Morgan fingerprint density at radius 3 is 2.69 bits per heavy atom. The predicted molar refractivity (Wildman–Crippen MR) is 49.1 cm³/mol. The minimum absolute atomic E-state index is 0.0648. The second-order valence-electron chi connectivity index (χ2n) is 3.17. The van der Waals surface area contributed by atoms with E-state index < -0.39 is 30.7 Å². The van der Waals surface area contributed by atoms with Crippen LogP contribution in [0.1, 0.15) is 6.42 Å². The molecule has 16 heavy (non-hydrogen) atoms. The summed E-state index contributed by atoms with van der Waals surface area (Å²) in [5.41, 5.74) is 0. The Balaban J connectivity index is 2.54. The van der Waals surface area contributed by atoms with Crippen LogP contribution in [0.5, 0.6) is 5.75 Å². The van der Waals surface area contributed by atoms with Gasteiger partial charge in [-0.3, -0.25) is 4.79 Å². The number of carboxylic acid groups (broad SMARTS) is 1. The average Bonchev–Trinajstić information content (AvgIpc) is 2.13. The summed E-state index contributed by atoms with van der Waals surface area (Å²) in [5.74, 6) is -5.77. The third-order valence-electron chi connectivity index (χ3n) is 1.66. The fourth-order valence-corrected chi connectivity index (χ4v) is 1.02. The van der Waals surface area contributed by atoms with Gasteiger partial charge >= 0.3 is 5.97 Å². The lowest BCUT2D eigenvalue weighted by atomic mass is 10.2. The van der Waals surface area contributed by atoms with Crippen molar-refractivity contribution in [2.45, 2.75) is 12.3 Å². The second-order valence-corrected chi connectivity index (χ2v) is 3.17. The van der Waals surface area contributed by atoms with Crippen molar-refractivity contribution < 1.29 is 27.8 Å². The molecule has 6 heteroatoms. The van der Waals surface area contributed by atoms with E-state index in [1.807, 2.05) is 0 Å². The smallest absolute Gasteiger partial charge is 0.309 e. The lowest BCUT2D eigenvalue weighted by Gasteiger charge is -2.14. The highest BCUT2D eigenvalue weighted by Gasteiger charge is 2.33. The Morgan fingerprint density at radius 2 is 2.12 bits per heavy atom. The lowest BCUT2D eigenvalue weighted by Crippen LogP contribution is -2.28. The monoisotopic (exact) mass is 234 g/mol. The van der Waals surface area contributed by atoms with Gasteiger partial charge in [-0.25, -0.2) is 13.2 Å². The van der Waals surface area contributed by atoms with E-state index in [9.17, 15) is 18.0 Å². The van der Waals surface area contributed by atoms with Gasteiger partial charge in [-0.15, -0.1) is 0 Å². The minimum Gasteiger partial charge on any atom is -0.487 e. The van der Waals surface area contributed by atoms with Crippen molar-refractivity contribution in [1.82, 2.24) is 0 Å². The summed E-state index contributed by atoms with van der Waals surface area (Å²) in [4.78, 5) is 10.1. The first-order valence-corrected chi connectivity index (χ1v) is 4.37. The molecule has 0 heterocycles. The first kappa shape index (κ1) is 12.4. The number of ether oxygens (including phenoxy) is 1. The molecule has 0 saturated carbocycles. The predicted octanol–water partition coefficient (Wildman–Crippen LogP) is 2.31. The van der Waals surface area contributed by atoms with Gasteiger partial charge in [-0.1, -0.05) is 6.07 Å². The van der Waals surface area contributed by atoms with Gasteiger partial charge in [0.15, 0.2) is 6.61 Å². The van der Waals surface area contributed by atoms with E-state index in [4.69, 9.17) is 5.11 Å². The third kappa shape index (κ3) is 4.20. The van der Waals surface area contributed by atoms with Crippen LogP contribution in [0.15, 0.2) is 24.3 Å². The lowest BCUT2D eigenvalue weighted by molar-refractivity contribution is -0.147. The molecule has 0 amide bonds. The summed E-state index contributed by atoms with van der Waals surface area (Å²) in [6.45, 7) is -1.09. The SMILES string of the molecule is O=C(O)CC(F)(F)COc1cccc(F)c1. The number of aliphatic carboxylic acids is 1. The van der Waals surface area contributed by atoms with Crippen LogP contribution in [0.25, 0.3) is 0 Å². The first-order chi connectivity index (χ1) is 7.39. The van der Waals surface area contributed by atoms with Crippen LogP contribution in [0, 0.1) is 5.82 Å². The fraction of sp³-hybridized carbons (Fsp3) is 0.300. The first-order valence-electron chi connectivity index (χ1n) is 4.37. The van der Waals surface area contributed by atoms with E-state index in [1.165, 1.54) is 12.1 Å². The van der Waals surface area contributed by atoms with Crippen molar-refractivity contribution in [1.29, 1.82) is 0 Å². The maximum Gasteiger partial charge on any atom is 0.309 e. The second kappa shape index (κ2) is 4.87. The molecule has 0 atom stereocenters. The summed E-state index contributed by atoms with van der Waals surface area (Å²) < 4.78 is 43.0. The van der Waals surface area contributed by atoms with Gasteiger partial charge in [-0.05, 0) is 12.1 Å². The molecule has 3 nitrogen and oxygen atoms in total. The van der Waals surface area contributed by atoms with Gasteiger partial charge in [0.25, 0.3) is 5.92 Å². The number of hydrogen-bond donors (Lipinski definition) is 1. The molecule has 0 aliphatic rings. The Hall–Kier alpha value is -1.72. The summed E-state index contributed by atoms with van der Waals surface area (Å²) >= 11 is 0. The Bertz CT molecular complexity index is 379. The van der Waals surface area contributed by atoms with E-state index in [-0.39, 0.29) is 5.75 Å². The van der Waals surface area contributed by atoms with Gasteiger partial charge in [0, 0.05) is 6.07 Å². The standard InChI is InChI=1S/C10H9F3O3/c11-7-2-1-3-8(4-7)16-6-10(12,13)5-9(14)15/h1-4H,5-6H2,(H,14,15). The van der Waals surface area contributed by atoms with Gasteiger partial charge in [-0.2, -0.15) is 0 Å². The Kier molecular flexibility index (Phi) is 3.76. The number of halogens is 3. The molecule has 0 fully saturated rings. The Labute approximate surface area is 89.5 Å². The van der Waals surface area contributed by atoms with Crippen LogP contribution < -0.4 is 4.74 Å². The van der Waals surface area contributed by atoms with Gasteiger partial charge in [0.2, 0.25) is 0 Å². The van der Waals surface area contributed by atoms with Crippen molar-refractivity contribution >= 4 is 5.97 Å². The molecule has 1 N–H and O–H groups in total. The number of benzene rings is 1. The molecule has 1 aromatic carbocycles. The Morgan fingerprint density at radius 1 is 1.44 bits per heavy atom. The molecule has 88 valence electrons. The molecule has 1 aromatic rings. The number of hydrogen-bond acceptors (Lipinski definition) is 2. The van der Waals surface area contributed by atoms with Crippen LogP contribution >= 0.6 is 0 Å². The molecule has 0 saturated heterocycles. The summed E-state index contributed by atoms with van der Waals surface area (Å²) in [5, 5.41) is 8.19. The van der Waals surface area contributed by atoms with Crippen molar-refractivity contribution in [2.24, 2.45) is 0 Å². The molecule has 0 radical (unpaired) electrons. The normalized spacial score (nSPS) is 11.2. The molecule has 0 unspecified atom stereocenters. The number of carbonyl (C=O) groups is 1. The number of alkyl halides is 2. The zero-order valence-corrected chi connectivity index (χ0v) is 8.12. The molecule has 0 spiro atoms. The van der Waals surface area contributed by atoms with Gasteiger partial charge < -0.3 is 9.84 Å². The quantitative estimate of drug-likeness (QED) is 0.850. The molecule has 0 aliphatic heterocycles. The van der Waals surface area contributed by atoms with E-state index in [2.05, 4.69) is 4.74 Å². The average molecular weight is 234 g/mol. The molecule has 0 aromatic heterocycles. The highest BCUT2D eigenvalue weighted by molar-refractivity contribution is 5.67. The largest absolute Gasteiger partial charge is 0.487 e. The summed E-state index contributed by atoms with van der Waals surface area (Å²) in [7, 11) is 0. The zero-order valence-electron chi connectivity index (χ0n) is 8.12.